The number of H-pyrrole nitrogens is 1. The maximum atomic E-state index is 12.2. The highest BCUT2D eigenvalue weighted by molar-refractivity contribution is 5.94. The average Bonchev–Trinajstić information content (AvgIpc) is 3.14. The second kappa shape index (κ2) is 7.61. The van der Waals surface area contributed by atoms with Crippen molar-refractivity contribution in [2.45, 2.75) is 13.8 Å². The first-order valence-corrected chi connectivity index (χ1v) is 8.15. The van der Waals surface area contributed by atoms with Crippen LogP contribution in [0.15, 0.2) is 53.6 Å². The Morgan fingerprint density at radius 1 is 1.19 bits per heavy atom. The van der Waals surface area contributed by atoms with Crippen molar-refractivity contribution in [2.75, 3.05) is 0 Å². The fourth-order valence-corrected chi connectivity index (χ4v) is 2.43. The lowest BCUT2D eigenvalue weighted by Crippen LogP contribution is -2.18. The van der Waals surface area contributed by atoms with Gasteiger partial charge in [0, 0.05) is 23.3 Å². The van der Waals surface area contributed by atoms with Gasteiger partial charge in [-0.15, -0.1) is 0 Å². The summed E-state index contributed by atoms with van der Waals surface area (Å²) in [5.74, 6) is -0.459. The smallest absolute Gasteiger partial charge is 0.272 e. The molecule has 8 heteroatoms. The van der Waals surface area contributed by atoms with Gasteiger partial charge in [-0.05, 0) is 37.1 Å². The first-order chi connectivity index (χ1) is 12.9. The number of nitro benzene ring substituents is 1. The van der Waals surface area contributed by atoms with Crippen LogP contribution in [0.3, 0.4) is 0 Å². The summed E-state index contributed by atoms with van der Waals surface area (Å²) in [7, 11) is 0. The van der Waals surface area contributed by atoms with Crippen molar-refractivity contribution in [2.24, 2.45) is 5.10 Å². The van der Waals surface area contributed by atoms with E-state index in [4.69, 9.17) is 0 Å². The zero-order valence-corrected chi connectivity index (χ0v) is 14.8. The molecule has 0 aliphatic carbocycles. The van der Waals surface area contributed by atoms with E-state index in [1.807, 2.05) is 32.0 Å². The predicted octanol–water partition coefficient (Wildman–Crippen LogP) is 3.37. The van der Waals surface area contributed by atoms with Gasteiger partial charge in [-0.2, -0.15) is 10.2 Å². The van der Waals surface area contributed by atoms with Crippen molar-refractivity contribution in [1.82, 2.24) is 15.6 Å². The quantitative estimate of drug-likeness (QED) is 0.411. The lowest BCUT2D eigenvalue weighted by molar-refractivity contribution is -0.384. The summed E-state index contributed by atoms with van der Waals surface area (Å²) in [5.41, 5.74) is 6.99. The van der Waals surface area contributed by atoms with E-state index in [1.54, 1.807) is 18.2 Å². The standard InChI is InChI=1S/C19H17N5O3/c1-12-6-7-15(8-13(12)2)17-10-18(22-21-17)19(25)23-20-11-14-4-3-5-16(9-14)24(26)27/h3-11H,1-2H3,(H,21,22)(H,23,25)/b20-11-. The molecule has 136 valence electrons. The van der Waals surface area contributed by atoms with Crippen LogP contribution in [0, 0.1) is 24.0 Å². The molecule has 0 aliphatic heterocycles. The van der Waals surface area contributed by atoms with Crippen molar-refractivity contribution >= 4 is 17.8 Å². The number of aromatic nitrogens is 2. The molecule has 0 fully saturated rings. The molecule has 8 nitrogen and oxygen atoms in total. The number of hydrogen-bond acceptors (Lipinski definition) is 5. The number of rotatable bonds is 5. The number of aryl methyl sites for hydroxylation is 2. The Hall–Kier alpha value is -3.81. The molecule has 0 spiro atoms. The second-order valence-corrected chi connectivity index (χ2v) is 6.02. The number of aromatic amines is 1. The molecule has 2 N–H and O–H groups in total. The third-order valence-corrected chi connectivity index (χ3v) is 4.09. The Balaban J connectivity index is 1.68. The number of carbonyl (C=O) groups is 1. The third-order valence-electron chi connectivity index (χ3n) is 4.09. The Kier molecular flexibility index (Phi) is 5.07. The molecule has 27 heavy (non-hydrogen) atoms. The number of non-ortho nitro benzene ring substituents is 1. The summed E-state index contributed by atoms with van der Waals surface area (Å²) >= 11 is 0. The van der Waals surface area contributed by atoms with Crippen LogP contribution in [0.4, 0.5) is 5.69 Å². The van der Waals surface area contributed by atoms with Crippen molar-refractivity contribution in [3.63, 3.8) is 0 Å². The number of hydrogen-bond donors (Lipinski definition) is 2. The predicted molar refractivity (Wildman–Crippen MR) is 102 cm³/mol. The number of benzene rings is 2. The van der Waals surface area contributed by atoms with Crippen molar-refractivity contribution in [1.29, 1.82) is 0 Å². The van der Waals surface area contributed by atoms with Gasteiger partial charge in [0.15, 0.2) is 0 Å². The van der Waals surface area contributed by atoms with E-state index in [1.165, 1.54) is 23.9 Å². The Bertz CT molecular complexity index is 1040. The number of nitrogens with one attached hydrogen (secondary N) is 2. The Morgan fingerprint density at radius 2 is 2.00 bits per heavy atom. The molecule has 2 aromatic carbocycles. The van der Waals surface area contributed by atoms with Crippen LogP contribution in [-0.2, 0) is 0 Å². The van der Waals surface area contributed by atoms with E-state index >= 15 is 0 Å². The molecule has 0 bridgehead atoms. The number of carbonyl (C=O) groups excluding carboxylic acids is 1. The third kappa shape index (κ3) is 4.24. The molecule has 1 heterocycles. The summed E-state index contributed by atoms with van der Waals surface area (Å²) < 4.78 is 0. The van der Waals surface area contributed by atoms with Gasteiger partial charge in [-0.25, -0.2) is 5.43 Å². The van der Waals surface area contributed by atoms with E-state index in [-0.39, 0.29) is 11.4 Å². The lowest BCUT2D eigenvalue weighted by atomic mass is 10.0. The molecule has 0 atom stereocenters. The highest BCUT2D eigenvalue weighted by atomic mass is 16.6. The first kappa shape index (κ1) is 18.0. The molecule has 3 aromatic rings. The van der Waals surface area contributed by atoms with Crippen LogP contribution in [-0.4, -0.2) is 27.2 Å². The molecule has 0 saturated heterocycles. The second-order valence-electron chi connectivity index (χ2n) is 6.02. The van der Waals surface area contributed by atoms with E-state index in [9.17, 15) is 14.9 Å². The summed E-state index contributed by atoms with van der Waals surface area (Å²) in [6.07, 6.45) is 1.34. The molecular formula is C19H17N5O3. The summed E-state index contributed by atoms with van der Waals surface area (Å²) in [6, 6.07) is 13.5. The zero-order chi connectivity index (χ0) is 19.4. The van der Waals surface area contributed by atoms with Gasteiger partial charge in [0.05, 0.1) is 16.8 Å². The van der Waals surface area contributed by atoms with Crippen LogP contribution in [0.5, 0.6) is 0 Å². The van der Waals surface area contributed by atoms with Crippen LogP contribution >= 0.6 is 0 Å². The van der Waals surface area contributed by atoms with Gasteiger partial charge in [0.1, 0.15) is 5.69 Å². The molecule has 0 unspecified atom stereocenters. The van der Waals surface area contributed by atoms with Gasteiger partial charge in [-0.1, -0.05) is 24.3 Å². The monoisotopic (exact) mass is 363 g/mol. The van der Waals surface area contributed by atoms with Gasteiger partial charge in [-0.3, -0.25) is 20.0 Å². The van der Waals surface area contributed by atoms with Gasteiger partial charge < -0.3 is 0 Å². The van der Waals surface area contributed by atoms with Gasteiger partial charge in [0.25, 0.3) is 11.6 Å². The van der Waals surface area contributed by atoms with E-state index in [0.29, 0.717) is 11.3 Å². The summed E-state index contributed by atoms with van der Waals surface area (Å²) in [4.78, 5) is 22.4. The topological polar surface area (TPSA) is 113 Å². The largest absolute Gasteiger partial charge is 0.289 e. The molecular weight excluding hydrogens is 346 g/mol. The minimum atomic E-state index is -0.491. The molecule has 0 radical (unpaired) electrons. The number of nitrogens with zero attached hydrogens (tertiary/aromatic N) is 3. The number of hydrazone groups is 1. The average molecular weight is 363 g/mol. The lowest BCUT2D eigenvalue weighted by Gasteiger charge is -2.01. The molecule has 1 amide bonds. The van der Waals surface area contributed by atoms with Crippen molar-refractivity contribution in [3.8, 4) is 11.3 Å². The fraction of sp³-hybridized carbons (Fsp3) is 0.105. The highest BCUT2D eigenvalue weighted by Gasteiger charge is 2.11. The van der Waals surface area contributed by atoms with Crippen LogP contribution < -0.4 is 5.43 Å². The van der Waals surface area contributed by atoms with Crippen molar-refractivity contribution < 1.29 is 9.72 Å². The Morgan fingerprint density at radius 3 is 2.74 bits per heavy atom. The van der Waals surface area contributed by atoms with Crippen LogP contribution in [0.25, 0.3) is 11.3 Å². The molecule has 0 aliphatic rings. The number of nitro groups is 1. The van der Waals surface area contributed by atoms with Crippen molar-refractivity contribution in [3.05, 3.63) is 81.0 Å². The van der Waals surface area contributed by atoms with Gasteiger partial charge >= 0.3 is 0 Å². The number of amides is 1. The van der Waals surface area contributed by atoms with Crippen LogP contribution in [0.2, 0.25) is 0 Å². The minimum absolute atomic E-state index is 0.0446. The highest BCUT2D eigenvalue weighted by Crippen LogP contribution is 2.20. The normalized spacial score (nSPS) is 10.9. The SMILES string of the molecule is Cc1ccc(-c2cc(C(=O)N/N=C\c3cccc([N+](=O)[O-])c3)[nH]n2)cc1C. The molecule has 3 rings (SSSR count). The van der Waals surface area contributed by atoms with E-state index in [0.717, 1.165) is 11.1 Å². The molecule has 1 aromatic heterocycles. The Labute approximate surface area is 155 Å². The first-order valence-electron chi connectivity index (χ1n) is 8.15. The van der Waals surface area contributed by atoms with E-state index in [2.05, 4.69) is 20.7 Å². The summed E-state index contributed by atoms with van der Waals surface area (Å²) in [5, 5.41) is 21.4. The zero-order valence-electron chi connectivity index (χ0n) is 14.8. The molecule has 0 saturated carbocycles. The maximum absolute atomic E-state index is 12.2. The maximum Gasteiger partial charge on any atom is 0.289 e. The van der Waals surface area contributed by atoms with Gasteiger partial charge in [0.2, 0.25) is 0 Å². The minimum Gasteiger partial charge on any atom is -0.272 e. The summed E-state index contributed by atoms with van der Waals surface area (Å²) in [6.45, 7) is 4.05. The van der Waals surface area contributed by atoms with Crippen LogP contribution in [0.1, 0.15) is 27.2 Å². The van der Waals surface area contributed by atoms with E-state index < -0.39 is 10.8 Å². The fourth-order valence-electron chi connectivity index (χ4n) is 2.43.